The van der Waals surface area contributed by atoms with Crippen molar-refractivity contribution in [3.8, 4) is 5.69 Å². The van der Waals surface area contributed by atoms with Crippen molar-refractivity contribution in [3.63, 3.8) is 0 Å². The summed E-state index contributed by atoms with van der Waals surface area (Å²) in [6.07, 6.45) is 0.589. The Labute approximate surface area is 160 Å². The minimum Gasteiger partial charge on any atom is -0.364 e. The number of benzene rings is 2. The molecule has 1 atom stereocenters. The lowest BCUT2D eigenvalue weighted by molar-refractivity contribution is 0.0992. The number of hydrogen-bond acceptors (Lipinski definition) is 3. The third-order valence-corrected chi connectivity index (χ3v) is 4.55. The zero-order valence-corrected chi connectivity index (χ0v) is 15.3. The normalized spacial score (nSPS) is 12.0. The molecular formula is C20H17ClFN3O2. The first kappa shape index (κ1) is 18.8. The van der Waals surface area contributed by atoms with Gasteiger partial charge < -0.3 is 5.73 Å². The zero-order chi connectivity index (χ0) is 19.6. The average Bonchev–Trinajstić information content (AvgIpc) is 2.63. The minimum atomic E-state index is -0.796. The van der Waals surface area contributed by atoms with Crippen molar-refractivity contribution < 1.29 is 9.18 Å². The van der Waals surface area contributed by atoms with E-state index >= 15 is 0 Å². The predicted octanol–water partition coefficient (Wildman–Crippen LogP) is 3.67. The molecule has 0 spiro atoms. The fraction of sp³-hybridized carbons (Fsp3) is 0.150. The second-order valence-electron chi connectivity index (χ2n) is 6.03. The van der Waals surface area contributed by atoms with E-state index in [0.29, 0.717) is 17.0 Å². The van der Waals surface area contributed by atoms with E-state index in [0.717, 1.165) is 10.2 Å². The first-order valence-electron chi connectivity index (χ1n) is 8.36. The van der Waals surface area contributed by atoms with E-state index in [4.69, 9.17) is 17.3 Å². The van der Waals surface area contributed by atoms with Crippen LogP contribution in [0.1, 0.15) is 40.9 Å². The van der Waals surface area contributed by atoms with Crippen molar-refractivity contribution in [2.75, 3.05) is 0 Å². The van der Waals surface area contributed by atoms with Gasteiger partial charge in [-0.2, -0.15) is 9.78 Å². The summed E-state index contributed by atoms with van der Waals surface area (Å²) in [5.41, 5.74) is 6.06. The first-order valence-corrected chi connectivity index (χ1v) is 8.74. The number of nitrogens with zero attached hydrogens (tertiary/aromatic N) is 2. The van der Waals surface area contributed by atoms with Crippen molar-refractivity contribution in [2.24, 2.45) is 5.73 Å². The molecule has 138 valence electrons. The standard InChI is InChI=1S/C20H17ClFN3O2/c1-2-14(12-6-5-7-13(21)10-12)15-11-18(26)25(24-19(15)20(23)27)17-9-4-3-8-16(17)22/h3-11,14H,2H2,1H3,(H2,23,27). The Hall–Kier alpha value is -2.99. The van der Waals surface area contributed by atoms with Crippen molar-refractivity contribution in [1.82, 2.24) is 9.78 Å². The Morgan fingerprint density at radius 2 is 1.96 bits per heavy atom. The number of hydrogen-bond donors (Lipinski definition) is 1. The number of carbonyl (C=O) groups is 1. The van der Waals surface area contributed by atoms with Crippen LogP contribution in [-0.2, 0) is 0 Å². The number of carbonyl (C=O) groups excluding carboxylic acids is 1. The van der Waals surface area contributed by atoms with Crippen LogP contribution in [0.25, 0.3) is 5.69 Å². The van der Waals surface area contributed by atoms with Crippen LogP contribution < -0.4 is 11.3 Å². The summed E-state index contributed by atoms with van der Waals surface area (Å²) >= 11 is 6.07. The highest BCUT2D eigenvalue weighted by Crippen LogP contribution is 2.30. The number of primary amides is 1. The maximum absolute atomic E-state index is 14.1. The summed E-state index contributed by atoms with van der Waals surface area (Å²) in [4.78, 5) is 24.7. The van der Waals surface area contributed by atoms with Crippen molar-refractivity contribution in [2.45, 2.75) is 19.3 Å². The minimum absolute atomic E-state index is 0.0487. The van der Waals surface area contributed by atoms with Gasteiger partial charge in [-0.1, -0.05) is 42.8 Å². The summed E-state index contributed by atoms with van der Waals surface area (Å²) in [7, 11) is 0. The Morgan fingerprint density at radius 3 is 2.59 bits per heavy atom. The van der Waals surface area contributed by atoms with Gasteiger partial charge in [0, 0.05) is 17.0 Å². The van der Waals surface area contributed by atoms with Gasteiger partial charge in [-0.15, -0.1) is 0 Å². The summed E-state index contributed by atoms with van der Waals surface area (Å²) in [5.74, 6) is -1.73. The SMILES string of the molecule is CCC(c1cccc(Cl)c1)c1cc(=O)n(-c2ccccc2F)nc1C(N)=O. The molecule has 1 aromatic heterocycles. The van der Waals surface area contributed by atoms with E-state index in [1.807, 2.05) is 13.0 Å². The molecule has 0 aliphatic heterocycles. The fourth-order valence-corrected chi connectivity index (χ4v) is 3.28. The van der Waals surface area contributed by atoms with Gasteiger partial charge in [0.2, 0.25) is 0 Å². The van der Waals surface area contributed by atoms with Gasteiger partial charge in [-0.25, -0.2) is 4.39 Å². The molecule has 2 N–H and O–H groups in total. The molecule has 7 heteroatoms. The van der Waals surface area contributed by atoms with Crippen molar-refractivity contribution >= 4 is 17.5 Å². The lowest BCUT2D eigenvalue weighted by Gasteiger charge is -2.19. The second-order valence-corrected chi connectivity index (χ2v) is 6.47. The van der Waals surface area contributed by atoms with E-state index < -0.39 is 17.3 Å². The smallest absolute Gasteiger partial charge is 0.271 e. The maximum Gasteiger partial charge on any atom is 0.271 e. The van der Waals surface area contributed by atoms with Crippen LogP contribution in [0.4, 0.5) is 4.39 Å². The molecule has 0 saturated carbocycles. The number of nitrogens with two attached hydrogens (primary N) is 1. The predicted molar refractivity (Wildman–Crippen MR) is 102 cm³/mol. The van der Waals surface area contributed by atoms with Crippen LogP contribution in [0, 0.1) is 5.82 Å². The highest BCUT2D eigenvalue weighted by Gasteiger charge is 2.23. The third-order valence-electron chi connectivity index (χ3n) is 4.31. The number of para-hydroxylation sites is 1. The Kier molecular flexibility index (Phi) is 5.37. The molecule has 0 fully saturated rings. The van der Waals surface area contributed by atoms with Crippen LogP contribution >= 0.6 is 11.6 Å². The molecule has 1 unspecified atom stereocenters. The molecule has 0 radical (unpaired) electrons. The van der Waals surface area contributed by atoms with E-state index in [1.54, 1.807) is 24.3 Å². The Balaban J connectivity index is 2.22. The maximum atomic E-state index is 14.1. The molecule has 3 aromatic rings. The molecule has 3 rings (SSSR count). The van der Waals surface area contributed by atoms with Gasteiger partial charge in [-0.3, -0.25) is 9.59 Å². The van der Waals surface area contributed by atoms with Gasteiger partial charge in [-0.05, 0) is 41.8 Å². The Bertz CT molecular complexity index is 1070. The van der Waals surface area contributed by atoms with Gasteiger partial charge >= 0.3 is 0 Å². The third kappa shape index (κ3) is 3.75. The van der Waals surface area contributed by atoms with Crippen LogP contribution in [0.15, 0.2) is 59.4 Å². The molecule has 1 heterocycles. The summed E-state index contributed by atoms with van der Waals surface area (Å²) < 4.78 is 14.9. The fourth-order valence-electron chi connectivity index (χ4n) is 3.08. The van der Waals surface area contributed by atoms with E-state index in [-0.39, 0.29) is 17.3 Å². The topological polar surface area (TPSA) is 78.0 Å². The highest BCUT2D eigenvalue weighted by atomic mass is 35.5. The zero-order valence-electron chi connectivity index (χ0n) is 14.5. The second kappa shape index (κ2) is 7.72. The average molecular weight is 386 g/mol. The lowest BCUT2D eigenvalue weighted by atomic mass is 9.88. The Morgan fingerprint density at radius 1 is 1.22 bits per heavy atom. The molecule has 5 nitrogen and oxygen atoms in total. The van der Waals surface area contributed by atoms with Crippen LogP contribution in [0.3, 0.4) is 0 Å². The molecule has 1 amide bonds. The van der Waals surface area contributed by atoms with Gasteiger partial charge in [0.1, 0.15) is 11.5 Å². The molecular weight excluding hydrogens is 369 g/mol. The molecule has 0 saturated heterocycles. The first-order chi connectivity index (χ1) is 12.9. The van der Waals surface area contributed by atoms with E-state index in [1.165, 1.54) is 24.3 Å². The summed E-state index contributed by atoms with van der Waals surface area (Å²) in [6.45, 7) is 1.92. The monoisotopic (exact) mass is 385 g/mol. The largest absolute Gasteiger partial charge is 0.364 e. The number of halogens is 2. The number of aromatic nitrogens is 2. The molecule has 0 aliphatic rings. The van der Waals surface area contributed by atoms with Crippen LogP contribution in [0.5, 0.6) is 0 Å². The molecule has 0 bridgehead atoms. The van der Waals surface area contributed by atoms with Crippen LogP contribution in [-0.4, -0.2) is 15.7 Å². The van der Waals surface area contributed by atoms with Gasteiger partial charge in [0.15, 0.2) is 5.69 Å². The summed E-state index contributed by atoms with van der Waals surface area (Å²) in [5, 5.41) is 4.62. The van der Waals surface area contributed by atoms with Crippen LogP contribution in [0.2, 0.25) is 5.02 Å². The van der Waals surface area contributed by atoms with E-state index in [9.17, 15) is 14.0 Å². The quantitative estimate of drug-likeness (QED) is 0.727. The number of rotatable bonds is 5. The summed E-state index contributed by atoms with van der Waals surface area (Å²) in [6, 6.07) is 14.1. The van der Waals surface area contributed by atoms with Crippen molar-refractivity contribution in [1.29, 1.82) is 0 Å². The lowest BCUT2D eigenvalue weighted by Crippen LogP contribution is -2.29. The van der Waals surface area contributed by atoms with Crippen molar-refractivity contribution in [3.05, 3.63) is 92.6 Å². The molecule has 2 aromatic carbocycles. The van der Waals surface area contributed by atoms with Gasteiger partial charge in [0.25, 0.3) is 11.5 Å². The highest BCUT2D eigenvalue weighted by molar-refractivity contribution is 6.30. The number of amides is 1. The molecule has 0 aliphatic carbocycles. The van der Waals surface area contributed by atoms with E-state index in [2.05, 4.69) is 5.10 Å². The van der Waals surface area contributed by atoms with Gasteiger partial charge in [0.05, 0.1) is 0 Å². The molecule has 27 heavy (non-hydrogen) atoms.